The fraction of sp³-hybridized carbons (Fsp3) is 0.205. The molecule has 1 aliphatic rings. The van der Waals surface area contributed by atoms with Gasteiger partial charge in [0.05, 0.1) is 13.2 Å². The third kappa shape index (κ3) is 6.20. The van der Waals surface area contributed by atoms with E-state index in [0.29, 0.717) is 16.7 Å². The van der Waals surface area contributed by atoms with Gasteiger partial charge >= 0.3 is 0 Å². The number of ketones is 1. The van der Waals surface area contributed by atoms with Crippen LogP contribution in [-0.4, -0.2) is 58.2 Å². The number of aromatic nitrogens is 2. The van der Waals surface area contributed by atoms with Gasteiger partial charge in [-0.15, -0.1) is 0 Å². The minimum absolute atomic E-state index is 0.359. The SMILES string of the molecule is O=C(c1cccc(C#Cc2ccc3ccn(CCCN4CCOCC4)c3c2)c1-c1ccc2cc[nH]c2c1)C(O)c1ccccc1. The van der Waals surface area contributed by atoms with E-state index in [1.165, 1.54) is 5.39 Å². The van der Waals surface area contributed by atoms with Crippen molar-refractivity contribution in [1.29, 1.82) is 0 Å². The van der Waals surface area contributed by atoms with E-state index in [4.69, 9.17) is 4.74 Å². The molecule has 4 aromatic carbocycles. The van der Waals surface area contributed by atoms with Gasteiger partial charge in [-0.05, 0) is 64.7 Å². The number of aliphatic hydroxyl groups excluding tert-OH is 1. The summed E-state index contributed by atoms with van der Waals surface area (Å²) < 4.78 is 7.79. The lowest BCUT2D eigenvalue weighted by Crippen LogP contribution is -2.37. The number of nitrogens with zero attached hydrogens (tertiary/aromatic N) is 2. The van der Waals surface area contributed by atoms with Gasteiger partial charge in [0.15, 0.2) is 5.78 Å². The van der Waals surface area contributed by atoms with E-state index in [0.717, 1.165) is 78.9 Å². The topological polar surface area (TPSA) is 70.5 Å². The molecule has 2 aromatic heterocycles. The molecule has 45 heavy (non-hydrogen) atoms. The number of ether oxygens (including phenoxy) is 1. The van der Waals surface area contributed by atoms with E-state index in [9.17, 15) is 9.90 Å². The number of rotatable bonds is 8. The van der Waals surface area contributed by atoms with Crippen LogP contribution in [0.4, 0.5) is 0 Å². The average Bonchev–Trinajstić information content (AvgIpc) is 3.74. The smallest absolute Gasteiger partial charge is 0.196 e. The van der Waals surface area contributed by atoms with Crippen molar-refractivity contribution in [3.8, 4) is 23.0 Å². The number of hydrogen-bond acceptors (Lipinski definition) is 4. The molecule has 1 aliphatic heterocycles. The molecule has 0 aliphatic carbocycles. The van der Waals surface area contributed by atoms with E-state index in [1.807, 2.05) is 66.9 Å². The molecular formula is C39H35N3O3. The summed E-state index contributed by atoms with van der Waals surface area (Å²) in [6.07, 6.45) is 3.85. The molecule has 1 saturated heterocycles. The van der Waals surface area contributed by atoms with Crippen molar-refractivity contribution in [2.75, 3.05) is 32.8 Å². The molecular weight excluding hydrogens is 558 g/mol. The minimum Gasteiger partial charge on any atom is -0.380 e. The number of hydrogen-bond donors (Lipinski definition) is 2. The van der Waals surface area contributed by atoms with Crippen LogP contribution in [-0.2, 0) is 11.3 Å². The molecule has 6 aromatic rings. The Balaban J connectivity index is 1.22. The molecule has 1 atom stereocenters. The highest BCUT2D eigenvalue weighted by Crippen LogP contribution is 2.33. The normalized spacial score (nSPS) is 14.3. The van der Waals surface area contributed by atoms with E-state index in [2.05, 4.69) is 50.7 Å². The number of H-pyrrole nitrogens is 1. The van der Waals surface area contributed by atoms with Crippen molar-refractivity contribution >= 4 is 27.6 Å². The number of carbonyl (C=O) groups excluding carboxylic acids is 1. The zero-order chi connectivity index (χ0) is 30.6. The predicted octanol–water partition coefficient (Wildman–Crippen LogP) is 6.83. The molecule has 7 rings (SSSR count). The monoisotopic (exact) mass is 593 g/mol. The van der Waals surface area contributed by atoms with Gasteiger partial charge in [0.1, 0.15) is 6.10 Å². The summed E-state index contributed by atoms with van der Waals surface area (Å²) in [4.78, 5) is 19.5. The maximum absolute atomic E-state index is 13.8. The maximum Gasteiger partial charge on any atom is 0.196 e. The van der Waals surface area contributed by atoms with Crippen LogP contribution >= 0.6 is 0 Å². The number of morpholine rings is 1. The van der Waals surface area contributed by atoms with E-state index in [-0.39, 0.29) is 5.78 Å². The standard InChI is InChI=1S/C39H35N3O3/c43-38(32-6-2-1-3-7-32)39(44)34-9-4-8-31(37(34)33-15-14-29-16-18-40-35(29)27-33)13-11-28-10-12-30-17-21-42(36(30)26-28)20-5-19-41-22-24-45-25-23-41/h1-4,6-10,12,14-18,21,26-27,38,40,43H,5,19-20,22-25H2. The summed E-state index contributed by atoms with van der Waals surface area (Å²) in [5.41, 5.74) is 6.35. The molecule has 1 unspecified atom stereocenters. The summed E-state index contributed by atoms with van der Waals surface area (Å²) in [6.45, 7) is 5.66. The van der Waals surface area contributed by atoms with Crippen LogP contribution in [0.3, 0.4) is 0 Å². The first-order valence-corrected chi connectivity index (χ1v) is 15.5. The number of Topliss-reactive ketones (excluding diaryl/α,β-unsaturated/α-hetero) is 1. The summed E-state index contributed by atoms with van der Waals surface area (Å²) in [5, 5.41) is 13.4. The molecule has 3 heterocycles. The first-order valence-electron chi connectivity index (χ1n) is 15.5. The van der Waals surface area contributed by atoms with Gasteiger partial charge in [-0.25, -0.2) is 0 Å². The third-order valence-corrected chi connectivity index (χ3v) is 8.63. The van der Waals surface area contributed by atoms with Crippen molar-refractivity contribution < 1.29 is 14.6 Å². The highest BCUT2D eigenvalue weighted by molar-refractivity contribution is 6.07. The molecule has 224 valence electrons. The molecule has 6 nitrogen and oxygen atoms in total. The summed E-state index contributed by atoms with van der Waals surface area (Å²) >= 11 is 0. The average molecular weight is 594 g/mol. The quantitative estimate of drug-likeness (QED) is 0.150. The van der Waals surface area contributed by atoms with Crippen LogP contribution in [0.25, 0.3) is 32.9 Å². The van der Waals surface area contributed by atoms with Crippen molar-refractivity contribution in [1.82, 2.24) is 14.5 Å². The van der Waals surface area contributed by atoms with Crippen molar-refractivity contribution in [3.05, 3.63) is 132 Å². The largest absolute Gasteiger partial charge is 0.380 e. The van der Waals surface area contributed by atoms with Gasteiger partial charge in [0, 0.05) is 71.9 Å². The molecule has 0 bridgehead atoms. The molecule has 0 spiro atoms. The van der Waals surface area contributed by atoms with Gasteiger partial charge in [0.2, 0.25) is 0 Å². The van der Waals surface area contributed by atoms with Crippen LogP contribution in [0.5, 0.6) is 0 Å². The summed E-state index contributed by atoms with van der Waals surface area (Å²) in [7, 11) is 0. The van der Waals surface area contributed by atoms with E-state index >= 15 is 0 Å². The number of benzene rings is 4. The van der Waals surface area contributed by atoms with Crippen LogP contribution in [0.2, 0.25) is 0 Å². The lowest BCUT2D eigenvalue weighted by atomic mass is 9.89. The Labute approximate surface area is 262 Å². The molecule has 2 N–H and O–H groups in total. The Morgan fingerprint density at radius 3 is 2.58 bits per heavy atom. The zero-order valence-corrected chi connectivity index (χ0v) is 25.1. The van der Waals surface area contributed by atoms with Gasteiger partial charge in [-0.1, -0.05) is 72.5 Å². The number of aliphatic hydroxyl groups is 1. The third-order valence-electron chi connectivity index (χ3n) is 8.63. The predicted molar refractivity (Wildman–Crippen MR) is 179 cm³/mol. The van der Waals surface area contributed by atoms with Crippen molar-refractivity contribution in [2.45, 2.75) is 19.1 Å². The first kappa shape index (κ1) is 28.8. The second-order valence-corrected chi connectivity index (χ2v) is 11.5. The highest BCUT2D eigenvalue weighted by Gasteiger charge is 2.24. The second kappa shape index (κ2) is 13.0. The Morgan fingerprint density at radius 2 is 1.71 bits per heavy atom. The molecule has 0 radical (unpaired) electrons. The van der Waals surface area contributed by atoms with Crippen LogP contribution in [0.15, 0.2) is 109 Å². The van der Waals surface area contributed by atoms with Gasteiger partial charge in [-0.3, -0.25) is 9.69 Å². The molecule has 0 amide bonds. The van der Waals surface area contributed by atoms with Crippen LogP contribution in [0.1, 0.15) is 39.6 Å². The Hall–Kier alpha value is -4.93. The highest BCUT2D eigenvalue weighted by atomic mass is 16.5. The van der Waals surface area contributed by atoms with E-state index < -0.39 is 6.10 Å². The fourth-order valence-corrected chi connectivity index (χ4v) is 6.20. The minimum atomic E-state index is -1.28. The number of carbonyl (C=O) groups is 1. The fourth-order valence-electron chi connectivity index (χ4n) is 6.20. The lowest BCUT2D eigenvalue weighted by Gasteiger charge is -2.26. The summed E-state index contributed by atoms with van der Waals surface area (Å²) in [5.74, 6) is 6.41. The number of aryl methyl sites for hydroxylation is 1. The van der Waals surface area contributed by atoms with Gasteiger partial charge in [0.25, 0.3) is 0 Å². The Morgan fingerprint density at radius 1 is 0.867 bits per heavy atom. The Bertz CT molecular complexity index is 2020. The maximum atomic E-state index is 13.8. The van der Waals surface area contributed by atoms with E-state index in [1.54, 1.807) is 18.2 Å². The number of aromatic amines is 1. The molecule has 1 fully saturated rings. The van der Waals surface area contributed by atoms with Gasteiger partial charge < -0.3 is 19.4 Å². The van der Waals surface area contributed by atoms with Crippen molar-refractivity contribution in [2.24, 2.45) is 0 Å². The first-order chi connectivity index (χ1) is 22.1. The molecule has 6 heteroatoms. The second-order valence-electron chi connectivity index (χ2n) is 11.5. The zero-order valence-electron chi connectivity index (χ0n) is 25.1. The van der Waals surface area contributed by atoms with Crippen LogP contribution in [0, 0.1) is 11.8 Å². The molecule has 0 saturated carbocycles. The number of fused-ring (bicyclic) bond motifs is 2. The van der Waals surface area contributed by atoms with Crippen LogP contribution < -0.4 is 0 Å². The Kier molecular flexibility index (Phi) is 8.31. The van der Waals surface area contributed by atoms with Gasteiger partial charge in [-0.2, -0.15) is 0 Å². The number of nitrogens with one attached hydrogen (secondary N) is 1. The summed E-state index contributed by atoms with van der Waals surface area (Å²) in [6, 6.07) is 31.2. The lowest BCUT2D eigenvalue weighted by molar-refractivity contribution is 0.0369. The van der Waals surface area contributed by atoms with Crippen molar-refractivity contribution in [3.63, 3.8) is 0 Å².